The van der Waals surface area contributed by atoms with Gasteiger partial charge in [-0.1, -0.05) is 31.5 Å². The molecule has 0 aliphatic heterocycles. The highest BCUT2D eigenvalue weighted by Crippen LogP contribution is 2.17. The van der Waals surface area contributed by atoms with E-state index in [4.69, 9.17) is 11.6 Å². The number of aromatic nitrogens is 2. The Morgan fingerprint density at radius 1 is 1.45 bits per heavy atom. The summed E-state index contributed by atoms with van der Waals surface area (Å²) in [5.41, 5.74) is 2.23. The Kier molecular flexibility index (Phi) is 4.45. The third kappa shape index (κ3) is 3.20. The molecule has 4 nitrogen and oxygen atoms in total. The van der Waals surface area contributed by atoms with Crippen LogP contribution in [0.1, 0.15) is 29.9 Å². The highest BCUT2D eigenvalue weighted by atomic mass is 35.5. The van der Waals surface area contributed by atoms with Crippen LogP contribution in [0.25, 0.3) is 5.69 Å². The van der Waals surface area contributed by atoms with Crippen LogP contribution in [-0.4, -0.2) is 22.2 Å². The van der Waals surface area contributed by atoms with Crippen LogP contribution in [0.4, 0.5) is 0 Å². The SMILES string of the molecule is Cc1c(C(=O)NCC(C)C)cnn1-c1cccc(Cl)c1. The fourth-order valence-corrected chi connectivity index (χ4v) is 2.08. The number of hydrogen-bond acceptors (Lipinski definition) is 2. The van der Waals surface area contributed by atoms with Crippen molar-refractivity contribution in [2.45, 2.75) is 20.8 Å². The van der Waals surface area contributed by atoms with E-state index in [1.165, 1.54) is 0 Å². The molecule has 0 aliphatic rings. The van der Waals surface area contributed by atoms with Crippen LogP contribution in [0.3, 0.4) is 0 Å². The van der Waals surface area contributed by atoms with Gasteiger partial charge in [0.15, 0.2) is 0 Å². The Bertz CT molecular complexity index is 619. The van der Waals surface area contributed by atoms with Crippen molar-refractivity contribution in [3.8, 4) is 5.69 Å². The first-order valence-electron chi connectivity index (χ1n) is 6.58. The molecule has 0 spiro atoms. The largest absolute Gasteiger partial charge is 0.352 e. The van der Waals surface area contributed by atoms with Crippen molar-refractivity contribution in [2.24, 2.45) is 5.92 Å². The first-order chi connectivity index (χ1) is 9.49. The van der Waals surface area contributed by atoms with E-state index in [0.29, 0.717) is 23.0 Å². The summed E-state index contributed by atoms with van der Waals surface area (Å²) in [6.07, 6.45) is 1.59. The van der Waals surface area contributed by atoms with Crippen LogP contribution in [0.2, 0.25) is 5.02 Å². The molecule has 1 aromatic heterocycles. The van der Waals surface area contributed by atoms with Gasteiger partial charge < -0.3 is 5.32 Å². The summed E-state index contributed by atoms with van der Waals surface area (Å²) >= 11 is 5.98. The topological polar surface area (TPSA) is 46.9 Å². The summed E-state index contributed by atoms with van der Waals surface area (Å²) in [7, 11) is 0. The molecule has 2 aromatic rings. The maximum absolute atomic E-state index is 12.1. The zero-order valence-electron chi connectivity index (χ0n) is 11.9. The Morgan fingerprint density at radius 2 is 2.20 bits per heavy atom. The molecule has 1 amide bonds. The van der Waals surface area contributed by atoms with Crippen molar-refractivity contribution in [1.82, 2.24) is 15.1 Å². The van der Waals surface area contributed by atoms with Crippen LogP contribution in [0, 0.1) is 12.8 Å². The van der Waals surface area contributed by atoms with Crippen LogP contribution >= 0.6 is 11.6 Å². The molecular weight excluding hydrogens is 274 g/mol. The lowest BCUT2D eigenvalue weighted by Crippen LogP contribution is -2.27. The number of hydrogen-bond donors (Lipinski definition) is 1. The van der Waals surface area contributed by atoms with Crippen molar-refractivity contribution < 1.29 is 4.79 Å². The first-order valence-corrected chi connectivity index (χ1v) is 6.95. The molecule has 1 N–H and O–H groups in total. The lowest BCUT2D eigenvalue weighted by Gasteiger charge is -2.08. The van der Waals surface area contributed by atoms with Crippen molar-refractivity contribution in [3.63, 3.8) is 0 Å². The van der Waals surface area contributed by atoms with Gasteiger partial charge in [0.1, 0.15) is 0 Å². The maximum Gasteiger partial charge on any atom is 0.254 e. The predicted molar refractivity (Wildman–Crippen MR) is 80.5 cm³/mol. The van der Waals surface area contributed by atoms with E-state index in [0.717, 1.165) is 11.4 Å². The van der Waals surface area contributed by atoms with Gasteiger partial charge >= 0.3 is 0 Å². The molecule has 2 rings (SSSR count). The first kappa shape index (κ1) is 14.6. The average Bonchev–Trinajstić information content (AvgIpc) is 2.78. The van der Waals surface area contributed by atoms with E-state index < -0.39 is 0 Å². The molecule has 5 heteroatoms. The summed E-state index contributed by atoms with van der Waals surface area (Å²) in [5, 5.41) is 7.81. The van der Waals surface area contributed by atoms with E-state index in [-0.39, 0.29) is 5.91 Å². The van der Waals surface area contributed by atoms with E-state index in [1.54, 1.807) is 16.9 Å². The molecule has 0 atom stereocenters. The number of nitrogens with one attached hydrogen (secondary N) is 1. The minimum absolute atomic E-state index is 0.0931. The Labute approximate surface area is 123 Å². The number of rotatable bonds is 4. The molecule has 0 bridgehead atoms. The number of carbonyl (C=O) groups excluding carboxylic acids is 1. The van der Waals surface area contributed by atoms with Crippen molar-refractivity contribution in [3.05, 3.63) is 46.7 Å². The van der Waals surface area contributed by atoms with Gasteiger partial charge in [-0.3, -0.25) is 4.79 Å². The molecule has 0 unspecified atom stereocenters. The minimum atomic E-state index is -0.0931. The third-order valence-electron chi connectivity index (χ3n) is 2.98. The Balaban J connectivity index is 2.25. The van der Waals surface area contributed by atoms with Crippen molar-refractivity contribution >= 4 is 17.5 Å². The van der Waals surface area contributed by atoms with Gasteiger partial charge in [-0.25, -0.2) is 4.68 Å². The van der Waals surface area contributed by atoms with Crippen LogP contribution in [-0.2, 0) is 0 Å². The summed E-state index contributed by atoms with van der Waals surface area (Å²) in [6, 6.07) is 7.39. The molecule has 1 heterocycles. The fraction of sp³-hybridized carbons (Fsp3) is 0.333. The third-order valence-corrected chi connectivity index (χ3v) is 3.21. The van der Waals surface area contributed by atoms with Gasteiger partial charge in [0.2, 0.25) is 0 Å². The number of nitrogens with zero attached hydrogens (tertiary/aromatic N) is 2. The zero-order chi connectivity index (χ0) is 14.7. The molecule has 0 radical (unpaired) electrons. The summed E-state index contributed by atoms with van der Waals surface area (Å²) in [6.45, 7) is 6.64. The van der Waals surface area contributed by atoms with Crippen molar-refractivity contribution in [2.75, 3.05) is 6.54 Å². The second kappa shape index (κ2) is 6.09. The molecular formula is C15H18ClN3O. The van der Waals surface area contributed by atoms with E-state index in [1.807, 2.05) is 25.1 Å². The number of halogens is 1. The van der Waals surface area contributed by atoms with Crippen LogP contribution in [0.5, 0.6) is 0 Å². The van der Waals surface area contributed by atoms with E-state index in [2.05, 4.69) is 24.3 Å². The standard InChI is InChI=1S/C15H18ClN3O/c1-10(2)8-17-15(20)14-9-18-19(11(14)3)13-6-4-5-12(16)7-13/h4-7,9-10H,8H2,1-3H3,(H,17,20). The molecule has 0 fully saturated rings. The lowest BCUT2D eigenvalue weighted by atomic mass is 10.2. The smallest absolute Gasteiger partial charge is 0.254 e. The zero-order valence-corrected chi connectivity index (χ0v) is 12.6. The van der Waals surface area contributed by atoms with Gasteiger partial charge in [0.25, 0.3) is 5.91 Å². The van der Waals surface area contributed by atoms with Gasteiger partial charge in [0.05, 0.1) is 23.1 Å². The fourth-order valence-electron chi connectivity index (χ4n) is 1.89. The lowest BCUT2D eigenvalue weighted by molar-refractivity contribution is 0.0948. The molecule has 20 heavy (non-hydrogen) atoms. The van der Waals surface area contributed by atoms with Gasteiger partial charge in [0, 0.05) is 11.6 Å². The van der Waals surface area contributed by atoms with Gasteiger partial charge in [-0.2, -0.15) is 5.10 Å². The number of carbonyl (C=O) groups is 1. The quantitative estimate of drug-likeness (QED) is 0.940. The molecule has 0 saturated carbocycles. The molecule has 1 aromatic carbocycles. The average molecular weight is 292 g/mol. The number of amides is 1. The molecule has 0 aliphatic carbocycles. The van der Waals surface area contributed by atoms with E-state index >= 15 is 0 Å². The Hall–Kier alpha value is -1.81. The second-order valence-electron chi connectivity index (χ2n) is 5.14. The van der Waals surface area contributed by atoms with E-state index in [9.17, 15) is 4.79 Å². The minimum Gasteiger partial charge on any atom is -0.352 e. The highest BCUT2D eigenvalue weighted by Gasteiger charge is 2.15. The van der Waals surface area contributed by atoms with Crippen LogP contribution < -0.4 is 5.32 Å². The monoisotopic (exact) mass is 291 g/mol. The molecule has 106 valence electrons. The second-order valence-corrected chi connectivity index (χ2v) is 5.58. The predicted octanol–water partition coefficient (Wildman–Crippen LogP) is 3.22. The van der Waals surface area contributed by atoms with Gasteiger partial charge in [-0.05, 0) is 31.0 Å². The summed E-state index contributed by atoms with van der Waals surface area (Å²) in [5.74, 6) is 0.326. The summed E-state index contributed by atoms with van der Waals surface area (Å²) in [4.78, 5) is 12.1. The maximum atomic E-state index is 12.1. The highest BCUT2D eigenvalue weighted by molar-refractivity contribution is 6.30. The van der Waals surface area contributed by atoms with Crippen LogP contribution in [0.15, 0.2) is 30.5 Å². The number of benzene rings is 1. The van der Waals surface area contributed by atoms with Gasteiger partial charge in [-0.15, -0.1) is 0 Å². The summed E-state index contributed by atoms with van der Waals surface area (Å²) < 4.78 is 1.72. The normalized spacial score (nSPS) is 10.8. The van der Waals surface area contributed by atoms with Crippen molar-refractivity contribution in [1.29, 1.82) is 0 Å². The molecule has 0 saturated heterocycles. The Morgan fingerprint density at radius 3 is 2.85 bits per heavy atom.